The molecule has 1 saturated heterocycles. The Bertz CT molecular complexity index is 363. The minimum Gasteiger partial charge on any atom is -0.462 e. The first-order chi connectivity index (χ1) is 9.79. The van der Waals surface area contributed by atoms with Crippen molar-refractivity contribution in [3.8, 4) is 0 Å². The quantitative estimate of drug-likeness (QED) is 0.699. The summed E-state index contributed by atoms with van der Waals surface area (Å²) in [5.41, 5.74) is -0.408. The highest BCUT2D eigenvalue weighted by molar-refractivity contribution is 5.76. The number of hydrogen-bond acceptors (Lipinski definition) is 4. The van der Waals surface area contributed by atoms with E-state index in [2.05, 4.69) is 6.92 Å². The minimum atomic E-state index is -0.441. The van der Waals surface area contributed by atoms with Crippen molar-refractivity contribution >= 4 is 5.97 Å². The van der Waals surface area contributed by atoms with Gasteiger partial charge in [0.15, 0.2) is 5.79 Å². The average molecular weight is 298 g/mol. The highest BCUT2D eigenvalue weighted by Crippen LogP contribution is 2.42. The molecule has 0 spiro atoms. The average Bonchev–Trinajstić information content (AvgIpc) is 2.90. The summed E-state index contributed by atoms with van der Waals surface area (Å²) in [4.78, 5) is 12.1. The van der Waals surface area contributed by atoms with Gasteiger partial charge in [-0.05, 0) is 33.6 Å². The second-order valence-electron chi connectivity index (χ2n) is 7.29. The largest absolute Gasteiger partial charge is 0.462 e. The third kappa shape index (κ3) is 3.78. The molecule has 2 rings (SSSR count). The fourth-order valence-corrected chi connectivity index (χ4v) is 3.00. The van der Waals surface area contributed by atoms with E-state index in [9.17, 15) is 4.79 Å². The summed E-state index contributed by atoms with van der Waals surface area (Å²) >= 11 is 0. The summed E-state index contributed by atoms with van der Waals surface area (Å²) < 4.78 is 17.8. The van der Waals surface area contributed by atoms with Crippen LogP contribution in [-0.2, 0) is 19.0 Å². The van der Waals surface area contributed by atoms with Gasteiger partial charge in [-0.15, -0.1) is 0 Å². The van der Waals surface area contributed by atoms with Crippen molar-refractivity contribution in [3.63, 3.8) is 0 Å². The molecule has 1 heterocycles. The van der Waals surface area contributed by atoms with Crippen molar-refractivity contribution in [1.82, 2.24) is 0 Å². The molecule has 0 radical (unpaired) electrons. The highest BCUT2D eigenvalue weighted by atomic mass is 16.8. The molecule has 2 aliphatic rings. The van der Waals surface area contributed by atoms with Gasteiger partial charge in [0.25, 0.3) is 0 Å². The van der Waals surface area contributed by atoms with Gasteiger partial charge in [-0.25, -0.2) is 0 Å². The molecule has 2 unspecified atom stereocenters. The molecular weight excluding hydrogens is 268 g/mol. The Morgan fingerprint density at radius 2 is 1.81 bits per heavy atom. The van der Waals surface area contributed by atoms with Gasteiger partial charge in [0.1, 0.15) is 6.10 Å². The molecule has 0 amide bonds. The Balaban J connectivity index is 1.84. The number of hydrogen-bond donors (Lipinski definition) is 0. The molecule has 0 aromatic carbocycles. The maximum atomic E-state index is 12.1. The van der Waals surface area contributed by atoms with Crippen LogP contribution in [0.25, 0.3) is 0 Å². The number of esters is 1. The van der Waals surface area contributed by atoms with Gasteiger partial charge in [0.2, 0.25) is 0 Å². The molecule has 2 fully saturated rings. The molecule has 21 heavy (non-hydrogen) atoms. The summed E-state index contributed by atoms with van der Waals surface area (Å²) in [5, 5.41) is 0. The fourth-order valence-electron chi connectivity index (χ4n) is 3.00. The number of carbonyl (C=O) groups excluding carboxylic acids is 1. The Kier molecular flexibility index (Phi) is 4.99. The van der Waals surface area contributed by atoms with Crippen molar-refractivity contribution in [3.05, 3.63) is 0 Å². The lowest BCUT2D eigenvalue weighted by atomic mass is 9.90. The van der Waals surface area contributed by atoms with Crippen molar-refractivity contribution in [2.45, 2.75) is 97.2 Å². The standard InChI is InChI=1S/C17H30O4/c1-6-8-9-17(5)20-13-10-12(11-14(13)21-17)19-15(18)16(3,4)7-2/h12-14H,6-11H2,1-5H3. The van der Waals surface area contributed by atoms with Crippen LogP contribution < -0.4 is 0 Å². The van der Waals surface area contributed by atoms with Gasteiger partial charge >= 0.3 is 5.97 Å². The van der Waals surface area contributed by atoms with Crippen LogP contribution in [0.2, 0.25) is 0 Å². The molecule has 2 atom stereocenters. The molecule has 0 bridgehead atoms. The van der Waals surface area contributed by atoms with E-state index >= 15 is 0 Å². The second kappa shape index (κ2) is 6.25. The van der Waals surface area contributed by atoms with Crippen molar-refractivity contribution in [2.24, 2.45) is 5.41 Å². The monoisotopic (exact) mass is 298 g/mol. The van der Waals surface area contributed by atoms with E-state index in [4.69, 9.17) is 14.2 Å². The lowest BCUT2D eigenvalue weighted by Crippen LogP contribution is -2.32. The lowest BCUT2D eigenvalue weighted by molar-refractivity contribution is -0.182. The number of carbonyl (C=O) groups is 1. The number of rotatable bonds is 6. The molecule has 0 aromatic heterocycles. The second-order valence-corrected chi connectivity index (χ2v) is 7.29. The molecule has 1 aliphatic heterocycles. The Morgan fingerprint density at radius 3 is 2.29 bits per heavy atom. The van der Waals surface area contributed by atoms with Crippen molar-refractivity contribution in [1.29, 1.82) is 0 Å². The predicted octanol–water partition coefficient (Wildman–Crippen LogP) is 3.82. The van der Waals surface area contributed by atoms with Gasteiger partial charge in [0.05, 0.1) is 17.6 Å². The molecule has 122 valence electrons. The maximum absolute atomic E-state index is 12.1. The van der Waals surface area contributed by atoms with Gasteiger partial charge in [0, 0.05) is 19.3 Å². The van der Waals surface area contributed by atoms with Crippen LogP contribution in [0.5, 0.6) is 0 Å². The summed E-state index contributed by atoms with van der Waals surface area (Å²) in [6.07, 6.45) is 5.59. The van der Waals surface area contributed by atoms with E-state index in [0.29, 0.717) is 0 Å². The zero-order valence-corrected chi connectivity index (χ0v) is 14.1. The first kappa shape index (κ1) is 16.8. The van der Waals surface area contributed by atoms with Crippen LogP contribution in [0, 0.1) is 5.41 Å². The van der Waals surface area contributed by atoms with Gasteiger partial charge in [-0.2, -0.15) is 0 Å². The molecule has 4 nitrogen and oxygen atoms in total. The van der Waals surface area contributed by atoms with Crippen LogP contribution in [-0.4, -0.2) is 30.1 Å². The minimum absolute atomic E-state index is 0.0611. The van der Waals surface area contributed by atoms with Gasteiger partial charge in [-0.3, -0.25) is 4.79 Å². The van der Waals surface area contributed by atoms with Crippen LogP contribution in [0.3, 0.4) is 0 Å². The smallest absolute Gasteiger partial charge is 0.311 e. The number of unbranched alkanes of at least 4 members (excludes halogenated alkanes) is 1. The highest BCUT2D eigenvalue weighted by Gasteiger charge is 2.50. The summed E-state index contributed by atoms with van der Waals surface area (Å²) in [7, 11) is 0. The van der Waals surface area contributed by atoms with Crippen LogP contribution in [0.1, 0.15) is 73.1 Å². The van der Waals surface area contributed by atoms with E-state index in [0.717, 1.165) is 38.5 Å². The summed E-state index contributed by atoms with van der Waals surface area (Å²) in [6, 6.07) is 0. The van der Waals surface area contributed by atoms with E-state index in [1.54, 1.807) is 0 Å². The third-order valence-electron chi connectivity index (χ3n) is 4.90. The summed E-state index contributed by atoms with van der Waals surface area (Å²) in [5.74, 6) is -0.549. The molecule has 4 heteroatoms. The van der Waals surface area contributed by atoms with E-state index < -0.39 is 11.2 Å². The van der Waals surface area contributed by atoms with E-state index in [1.165, 1.54) is 0 Å². The first-order valence-electron chi connectivity index (χ1n) is 8.36. The van der Waals surface area contributed by atoms with Crippen LogP contribution in [0.4, 0.5) is 0 Å². The maximum Gasteiger partial charge on any atom is 0.311 e. The molecule has 1 aliphatic carbocycles. The molecule has 0 aromatic rings. The van der Waals surface area contributed by atoms with Crippen molar-refractivity contribution < 1.29 is 19.0 Å². The number of ether oxygens (including phenoxy) is 3. The zero-order valence-electron chi connectivity index (χ0n) is 14.1. The van der Waals surface area contributed by atoms with Gasteiger partial charge < -0.3 is 14.2 Å². The first-order valence-corrected chi connectivity index (χ1v) is 8.36. The lowest BCUT2D eigenvalue weighted by Gasteiger charge is -2.27. The van der Waals surface area contributed by atoms with Crippen LogP contribution in [0.15, 0.2) is 0 Å². The zero-order chi connectivity index (χ0) is 15.7. The Labute approximate surface area is 128 Å². The molecule has 0 N–H and O–H groups in total. The summed E-state index contributed by atoms with van der Waals surface area (Å²) in [6.45, 7) is 10.1. The van der Waals surface area contributed by atoms with Crippen LogP contribution >= 0.6 is 0 Å². The Hall–Kier alpha value is -0.610. The van der Waals surface area contributed by atoms with Gasteiger partial charge in [-0.1, -0.05) is 20.3 Å². The fraction of sp³-hybridized carbons (Fsp3) is 0.941. The van der Waals surface area contributed by atoms with E-state index in [1.807, 2.05) is 27.7 Å². The van der Waals surface area contributed by atoms with E-state index in [-0.39, 0.29) is 24.3 Å². The Morgan fingerprint density at radius 1 is 1.24 bits per heavy atom. The topological polar surface area (TPSA) is 44.8 Å². The predicted molar refractivity (Wildman–Crippen MR) is 80.9 cm³/mol. The van der Waals surface area contributed by atoms with Crippen molar-refractivity contribution in [2.75, 3.05) is 0 Å². The molecular formula is C17H30O4. The molecule has 1 saturated carbocycles. The third-order valence-corrected chi connectivity index (χ3v) is 4.90. The number of fused-ring (bicyclic) bond motifs is 1. The normalized spacial score (nSPS) is 35.8. The SMILES string of the molecule is CCCCC1(C)OC2CC(OC(=O)C(C)(C)CC)CC2O1.